The number of nitrogens with two attached hydrogens (primary N) is 1. The standard InChI is InChI=1S/C26H32BrN3O4/c1-29-13-21-25(16-8-10-17(27)11-9-16)20(30(21)15-24(34-3)23(14-29)33-2)12-22(31)18-6-4-5-7-19(18)26(28)32/h4-11,20-21,23-25H,12-15H2,1-3H3,(H2,28,32)/t20-,21+,23-,24+,25+/m1/s1. The van der Waals surface area contributed by atoms with Crippen molar-refractivity contribution in [1.82, 2.24) is 9.80 Å². The average molecular weight is 530 g/mol. The highest BCUT2D eigenvalue weighted by Gasteiger charge is 2.52. The molecule has 8 heteroatoms. The van der Waals surface area contributed by atoms with Crippen LogP contribution < -0.4 is 5.73 Å². The molecule has 2 heterocycles. The van der Waals surface area contributed by atoms with E-state index in [1.165, 1.54) is 5.56 Å². The Morgan fingerprint density at radius 3 is 2.21 bits per heavy atom. The molecule has 5 atom stereocenters. The molecule has 2 aliphatic rings. The molecule has 4 rings (SSSR count). The maximum Gasteiger partial charge on any atom is 0.249 e. The lowest BCUT2D eigenvalue weighted by Gasteiger charge is -2.58. The maximum atomic E-state index is 13.5. The molecule has 182 valence electrons. The fourth-order valence-corrected chi connectivity index (χ4v) is 5.78. The minimum atomic E-state index is -0.588. The van der Waals surface area contributed by atoms with Crippen LogP contribution in [0.5, 0.6) is 0 Å². The van der Waals surface area contributed by atoms with Gasteiger partial charge in [-0.1, -0.05) is 46.3 Å². The van der Waals surface area contributed by atoms with Gasteiger partial charge in [-0.05, 0) is 30.8 Å². The second-order valence-electron chi connectivity index (χ2n) is 9.22. The minimum absolute atomic E-state index is 0.0266. The van der Waals surface area contributed by atoms with E-state index in [4.69, 9.17) is 15.2 Å². The number of nitrogens with zero attached hydrogens (tertiary/aromatic N) is 2. The summed E-state index contributed by atoms with van der Waals surface area (Å²) in [4.78, 5) is 30.1. The van der Waals surface area contributed by atoms with Gasteiger partial charge in [-0.15, -0.1) is 0 Å². The van der Waals surface area contributed by atoms with Gasteiger partial charge < -0.3 is 20.1 Å². The predicted octanol–water partition coefficient (Wildman–Crippen LogP) is 2.93. The van der Waals surface area contributed by atoms with Gasteiger partial charge in [0.15, 0.2) is 5.78 Å². The highest BCUT2D eigenvalue weighted by atomic mass is 79.9. The number of carbonyl (C=O) groups excluding carboxylic acids is 2. The van der Waals surface area contributed by atoms with Gasteiger partial charge >= 0.3 is 0 Å². The zero-order valence-electron chi connectivity index (χ0n) is 19.8. The fraction of sp³-hybridized carbons (Fsp3) is 0.462. The Labute approximate surface area is 209 Å². The SMILES string of the molecule is CO[C@H]1CN2[C@H](CC(=O)c3ccccc3C(N)=O)[C@H](c3ccc(Br)cc3)[C@@H]2CN(C)C[C@H]1OC. The Kier molecular flexibility index (Phi) is 7.84. The number of ketones is 1. The van der Waals surface area contributed by atoms with Gasteiger partial charge in [0, 0.05) is 73.9 Å². The van der Waals surface area contributed by atoms with E-state index >= 15 is 0 Å². The molecule has 2 saturated heterocycles. The smallest absolute Gasteiger partial charge is 0.249 e. The molecule has 2 fully saturated rings. The zero-order chi connectivity index (χ0) is 24.4. The van der Waals surface area contributed by atoms with Crippen LogP contribution in [0.1, 0.15) is 38.6 Å². The summed E-state index contributed by atoms with van der Waals surface area (Å²) >= 11 is 3.53. The number of amides is 1. The first-order chi connectivity index (χ1) is 16.3. The summed E-state index contributed by atoms with van der Waals surface area (Å²) in [7, 11) is 5.52. The van der Waals surface area contributed by atoms with E-state index in [1.807, 2.05) is 12.1 Å². The Morgan fingerprint density at radius 1 is 0.971 bits per heavy atom. The zero-order valence-corrected chi connectivity index (χ0v) is 21.4. The van der Waals surface area contributed by atoms with Crippen molar-refractivity contribution in [2.75, 3.05) is 40.9 Å². The minimum Gasteiger partial charge on any atom is -0.377 e. The lowest BCUT2D eigenvalue weighted by atomic mass is 9.71. The van der Waals surface area contributed by atoms with Crippen molar-refractivity contribution in [1.29, 1.82) is 0 Å². The summed E-state index contributed by atoms with van der Waals surface area (Å²) in [5.74, 6) is -0.486. The van der Waals surface area contributed by atoms with Crippen LogP contribution >= 0.6 is 15.9 Å². The van der Waals surface area contributed by atoms with Gasteiger partial charge in [0.2, 0.25) is 5.91 Å². The number of likely N-dealkylation sites (N-methyl/N-ethyl adjacent to an activating group) is 1. The van der Waals surface area contributed by atoms with E-state index in [0.717, 1.165) is 17.6 Å². The number of halogens is 1. The summed E-state index contributed by atoms with van der Waals surface area (Å²) in [6.07, 6.45) is 0.116. The third-order valence-corrected chi connectivity index (χ3v) is 7.75. The highest BCUT2D eigenvalue weighted by molar-refractivity contribution is 9.10. The molecule has 1 amide bonds. The molecular weight excluding hydrogens is 498 g/mol. The summed E-state index contributed by atoms with van der Waals surface area (Å²) in [6, 6.07) is 15.4. The van der Waals surface area contributed by atoms with E-state index in [-0.39, 0.29) is 41.6 Å². The van der Waals surface area contributed by atoms with Gasteiger partial charge in [0.1, 0.15) is 0 Å². The monoisotopic (exact) mass is 529 g/mol. The molecule has 2 aromatic rings. The van der Waals surface area contributed by atoms with E-state index in [9.17, 15) is 9.59 Å². The molecule has 0 radical (unpaired) electrons. The first-order valence-electron chi connectivity index (χ1n) is 11.5. The summed E-state index contributed by atoms with van der Waals surface area (Å²) in [6.45, 7) is 2.32. The highest BCUT2D eigenvalue weighted by Crippen LogP contribution is 2.44. The van der Waals surface area contributed by atoms with Gasteiger partial charge in [-0.3, -0.25) is 14.5 Å². The number of Topliss-reactive ketones (excluding diaryl/α,β-unsaturated/α-hetero) is 1. The molecule has 0 unspecified atom stereocenters. The predicted molar refractivity (Wildman–Crippen MR) is 134 cm³/mol. The van der Waals surface area contributed by atoms with Crippen LogP contribution in [0.15, 0.2) is 53.0 Å². The Bertz CT molecular complexity index is 1030. The van der Waals surface area contributed by atoms with Crippen LogP contribution in [0.25, 0.3) is 0 Å². The fourth-order valence-electron chi connectivity index (χ4n) is 5.51. The van der Waals surface area contributed by atoms with Crippen molar-refractivity contribution in [3.05, 3.63) is 69.7 Å². The van der Waals surface area contributed by atoms with E-state index in [1.54, 1.807) is 38.5 Å². The summed E-state index contributed by atoms with van der Waals surface area (Å²) in [5.41, 5.74) is 7.40. The van der Waals surface area contributed by atoms with E-state index < -0.39 is 5.91 Å². The van der Waals surface area contributed by atoms with Crippen molar-refractivity contribution in [3.63, 3.8) is 0 Å². The van der Waals surface area contributed by atoms with Crippen LogP contribution in [0.3, 0.4) is 0 Å². The number of hydrogen-bond donors (Lipinski definition) is 1. The number of carbonyl (C=O) groups is 2. The Hall–Kier alpha value is -2.10. The second-order valence-corrected chi connectivity index (χ2v) is 10.1. The van der Waals surface area contributed by atoms with Crippen molar-refractivity contribution in [2.45, 2.75) is 36.6 Å². The molecule has 7 nitrogen and oxygen atoms in total. The average Bonchev–Trinajstić information content (AvgIpc) is 2.82. The topological polar surface area (TPSA) is 85.1 Å². The molecular formula is C26H32BrN3O4. The summed E-state index contributed by atoms with van der Waals surface area (Å²) in [5, 5.41) is 0. The molecule has 0 aliphatic carbocycles. The third kappa shape index (κ3) is 4.97. The largest absolute Gasteiger partial charge is 0.377 e. The maximum absolute atomic E-state index is 13.5. The third-order valence-electron chi connectivity index (χ3n) is 7.22. The molecule has 0 spiro atoms. The lowest BCUT2D eigenvalue weighted by Crippen LogP contribution is -2.69. The lowest BCUT2D eigenvalue weighted by molar-refractivity contribution is -0.124. The number of fused-ring (bicyclic) bond motifs is 1. The van der Waals surface area contributed by atoms with Gasteiger partial charge in [-0.25, -0.2) is 0 Å². The van der Waals surface area contributed by atoms with E-state index in [2.05, 4.69) is 44.9 Å². The quantitative estimate of drug-likeness (QED) is 0.555. The molecule has 2 N–H and O–H groups in total. The van der Waals surface area contributed by atoms with Crippen molar-refractivity contribution >= 4 is 27.6 Å². The van der Waals surface area contributed by atoms with Crippen molar-refractivity contribution in [2.24, 2.45) is 5.73 Å². The van der Waals surface area contributed by atoms with E-state index in [0.29, 0.717) is 18.5 Å². The Balaban J connectivity index is 1.67. The number of primary amides is 1. The number of benzene rings is 2. The second kappa shape index (κ2) is 10.7. The molecule has 2 aliphatic heterocycles. The molecule has 34 heavy (non-hydrogen) atoms. The van der Waals surface area contributed by atoms with Crippen LogP contribution in [0.4, 0.5) is 0 Å². The van der Waals surface area contributed by atoms with Crippen molar-refractivity contribution < 1.29 is 19.1 Å². The van der Waals surface area contributed by atoms with Gasteiger partial charge in [0.05, 0.1) is 12.2 Å². The molecule has 0 aromatic heterocycles. The number of hydrogen-bond acceptors (Lipinski definition) is 6. The van der Waals surface area contributed by atoms with Gasteiger partial charge in [0.25, 0.3) is 0 Å². The normalized spacial score (nSPS) is 27.8. The molecule has 2 aromatic carbocycles. The number of rotatable bonds is 7. The number of methoxy groups -OCH3 is 2. The first-order valence-corrected chi connectivity index (χ1v) is 12.3. The van der Waals surface area contributed by atoms with Crippen LogP contribution in [-0.4, -0.2) is 86.7 Å². The van der Waals surface area contributed by atoms with Crippen LogP contribution in [0.2, 0.25) is 0 Å². The molecule has 0 bridgehead atoms. The van der Waals surface area contributed by atoms with Gasteiger partial charge in [-0.2, -0.15) is 0 Å². The summed E-state index contributed by atoms with van der Waals surface area (Å²) < 4.78 is 12.6. The van der Waals surface area contributed by atoms with Crippen molar-refractivity contribution in [3.8, 4) is 0 Å². The first kappa shape index (κ1) is 25.0. The Morgan fingerprint density at radius 2 is 1.59 bits per heavy atom. The number of ether oxygens (including phenoxy) is 2. The van der Waals surface area contributed by atoms with Crippen LogP contribution in [0, 0.1) is 0 Å². The van der Waals surface area contributed by atoms with Crippen LogP contribution in [-0.2, 0) is 9.47 Å². The molecule has 0 saturated carbocycles.